The highest BCUT2D eigenvalue weighted by atomic mass is 32.1. The van der Waals surface area contributed by atoms with Crippen LogP contribution in [0.5, 0.6) is 0 Å². The number of benzene rings is 2. The zero-order valence-corrected chi connectivity index (χ0v) is 19.1. The summed E-state index contributed by atoms with van der Waals surface area (Å²) in [6.45, 7) is 7.26. The van der Waals surface area contributed by atoms with Gasteiger partial charge in [-0.05, 0) is 38.0 Å². The Morgan fingerprint density at radius 2 is 1.77 bits per heavy atom. The molecule has 5 nitrogen and oxygen atoms in total. The fourth-order valence-corrected chi connectivity index (χ4v) is 4.24. The monoisotopic (exact) mass is 432 g/mol. The number of thiocarbonyl (C=S) groups is 1. The molecular weight excluding hydrogens is 404 g/mol. The molecule has 0 amide bonds. The summed E-state index contributed by atoms with van der Waals surface area (Å²) >= 11 is 5.76. The molecule has 3 aromatic rings. The predicted octanol–water partition coefficient (Wildman–Crippen LogP) is 5.90. The molecule has 6 heteroatoms. The van der Waals surface area contributed by atoms with Crippen LogP contribution in [0.1, 0.15) is 56.2 Å². The maximum Gasteiger partial charge on any atom is 0.258 e. The maximum atomic E-state index is 5.78. The van der Waals surface area contributed by atoms with Gasteiger partial charge in [0.1, 0.15) is 0 Å². The molecule has 0 saturated heterocycles. The van der Waals surface area contributed by atoms with Gasteiger partial charge in [-0.25, -0.2) is 0 Å². The first-order chi connectivity index (χ1) is 15.1. The second-order valence-corrected chi connectivity index (χ2v) is 8.33. The number of aromatic nitrogens is 2. The van der Waals surface area contributed by atoms with Crippen molar-refractivity contribution in [3.05, 3.63) is 77.3 Å². The van der Waals surface area contributed by atoms with E-state index in [9.17, 15) is 0 Å². The number of hydrogen-bond acceptors (Lipinski definition) is 4. The van der Waals surface area contributed by atoms with Gasteiger partial charge >= 0.3 is 0 Å². The number of rotatable bonds is 7. The second kappa shape index (κ2) is 9.43. The largest absolute Gasteiger partial charge is 0.351 e. The van der Waals surface area contributed by atoms with Crippen molar-refractivity contribution in [3.8, 4) is 11.4 Å². The van der Waals surface area contributed by atoms with E-state index in [1.54, 1.807) is 0 Å². The Balaban J connectivity index is 1.76. The molecule has 0 fully saturated rings. The van der Waals surface area contributed by atoms with Gasteiger partial charge in [0.2, 0.25) is 5.82 Å². The van der Waals surface area contributed by atoms with Crippen LogP contribution in [-0.4, -0.2) is 26.7 Å². The van der Waals surface area contributed by atoms with E-state index in [0.29, 0.717) is 11.7 Å². The minimum atomic E-state index is -0.139. The van der Waals surface area contributed by atoms with E-state index >= 15 is 0 Å². The lowest BCUT2D eigenvalue weighted by Crippen LogP contribution is -2.46. The first kappa shape index (κ1) is 21.2. The molecule has 1 aliphatic heterocycles. The summed E-state index contributed by atoms with van der Waals surface area (Å²) in [6, 6.07) is 18.2. The molecule has 160 valence electrons. The fourth-order valence-electron chi connectivity index (χ4n) is 3.89. The number of aryl methyl sites for hydroxylation is 1. The van der Waals surface area contributed by atoms with Crippen molar-refractivity contribution in [1.29, 1.82) is 0 Å². The van der Waals surface area contributed by atoms with Crippen LogP contribution in [0.4, 0.5) is 0 Å². The van der Waals surface area contributed by atoms with E-state index in [1.165, 1.54) is 18.4 Å². The molecule has 1 aromatic heterocycles. The van der Waals surface area contributed by atoms with Crippen molar-refractivity contribution in [3.63, 3.8) is 0 Å². The summed E-state index contributed by atoms with van der Waals surface area (Å²) in [5.41, 5.74) is 5.31. The molecule has 0 saturated carbocycles. The Labute approximate surface area is 189 Å². The van der Waals surface area contributed by atoms with Crippen molar-refractivity contribution in [2.45, 2.75) is 46.1 Å². The number of nitrogens with zero attached hydrogens (tertiary/aromatic N) is 3. The van der Waals surface area contributed by atoms with Crippen LogP contribution in [0.3, 0.4) is 0 Å². The Morgan fingerprint density at radius 3 is 2.48 bits per heavy atom. The van der Waals surface area contributed by atoms with Crippen LogP contribution in [0.15, 0.2) is 64.8 Å². The molecule has 0 bridgehead atoms. The van der Waals surface area contributed by atoms with Crippen LogP contribution in [0.2, 0.25) is 0 Å². The fraction of sp³-hybridized carbons (Fsp3) is 0.320. The summed E-state index contributed by atoms with van der Waals surface area (Å²) < 4.78 is 5.78. The van der Waals surface area contributed by atoms with Gasteiger partial charge in [-0.1, -0.05) is 85.1 Å². The zero-order valence-electron chi connectivity index (χ0n) is 18.3. The van der Waals surface area contributed by atoms with Crippen LogP contribution in [0, 0.1) is 6.92 Å². The topological polar surface area (TPSA) is 54.2 Å². The van der Waals surface area contributed by atoms with Crippen molar-refractivity contribution in [2.24, 2.45) is 0 Å². The maximum absolute atomic E-state index is 5.78. The number of allylic oxidation sites excluding steroid dienone is 1. The Kier molecular flexibility index (Phi) is 6.47. The SMILES string of the molecule is CCCCCN1C(=S)NC(c2ccc(C)cc2)C(c2nc(-c3ccccc3)no2)=C1C. The smallest absolute Gasteiger partial charge is 0.258 e. The van der Waals surface area contributed by atoms with Crippen LogP contribution in [-0.2, 0) is 0 Å². The summed E-state index contributed by atoms with van der Waals surface area (Å²) in [6.07, 6.45) is 3.42. The summed E-state index contributed by atoms with van der Waals surface area (Å²) in [4.78, 5) is 6.92. The Morgan fingerprint density at radius 1 is 1.03 bits per heavy atom. The molecule has 1 aliphatic rings. The van der Waals surface area contributed by atoms with E-state index in [1.807, 2.05) is 30.3 Å². The number of hydrogen-bond donors (Lipinski definition) is 1. The normalized spacial score (nSPS) is 16.5. The standard InChI is InChI=1S/C25H28N4OS/c1-4-5-9-16-29-18(3)21(22(26-25(29)31)19-14-12-17(2)13-15-19)24-27-23(28-30-24)20-10-7-6-8-11-20/h6-8,10-15,22H,4-5,9,16H2,1-3H3,(H,26,31). The summed E-state index contributed by atoms with van der Waals surface area (Å²) in [7, 11) is 0. The lowest BCUT2D eigenvalue weighted by atomic mass is 9.94. The second-order valence-electron chi connectivity index (χ2n) is 7.94. The first-order valence-electron chi connectivity index (χ1n) is 10.8. The molecule has 2 aromatic carbocycles. The molecule has 2 heterocycles. The minimum Gasteiger partial charge on any atom is -0.351 e. The van der Waals surface area contributed by atoms with E-state index in [4.69, 9.17) is 21.7 Å². The molecule has 1 N–H and O–H groups in total. The molecule has 31 heavy (non-hydrogen) atoms. The molecule has 0 radical (unpaired) electrons. The third-order valence-electron chi connectivity index (χ3n) is 5.68. The van der Waals surface area contributed by atoms with Crippen LogP contribution in [0.25, 0.3) is 17.0 Å². The Bertz CT molecular complexity index is 1070. The molecule has 1 atom stereocenters. The predicted molar refractivity (Wildman–Crippen MR) is 128 cm³/mol. The average molecular weight is 433 g/mol. The van der Waals surface area contributed by atoms with Crippen LogP contribution < -0.4 is 5.32 Å². The van der Waals surface area contributed by atoms with E-state index in [0.717, 1.165) is 40.5 Å². The van der Waals surface area contributed by atoms with Crippen molar-refractivity contribution >= 4 is 22.9 Å². The molecule has 4 rings (SSSR count). The summed E-state index contributed by atoms with van der Waals surface area (Å²) in [5, 5.41) is 8.53. The molecular formula is C25H28N4OS. The third kappa shape index (κ3) is 4.54. The first-order valence-corrected chi connectivity index (χ1v) is 11.2. The van der Waals surface area contributed by atoms with Gasteiger partial charge in [0.25, 0.3) is 5.89 Å². The Hall–Kier alpha value is -2.99. The molecule has 0 aliphatic carbocycles. The van der Waals surface area contributed by atoms with Crippen LogP contribution >= 0.6 is 12.2 Å². The van der Waals surface area contributed by atoms with Gasteiger partial charge in [0.15, 0.2) is 5.11 Å². The minimum absolute atomic E-state index is 0.139. The van der Waals surface area contributed by atoms with Crippen molar-refractivity contribution in [2.75, 3.05) is 6.54 Å². The van der Waals surface area contributed by atoms with Gasteiger partial charge in [-0.15, -0.1) is 0 Å². The van der Waals surface area contributed by atoms with E-state index in [2.05, 4.69) is 60.4 Å². The lowest BCUT2D eigenvalue weighted by Gasteiger charge is -2.37. The number of nitrogens with one attached hydrogen (secondary N) is 1. The highest BCUT2D eigenvalue weighted by molar-refractivity contribution is 7.80. The lowest BCUT2D eigenvalue weighted by molar-refractivity contribution is 0.395. The van der Waals surface area contributed by atoms with Gasteiger partial charge in [0, 0.05) is 17.8 Å². The zero-order chi connectivity index (χ0) is 21.8. The highest BCUT2D eigenvalue weighted by Crippen LogP contribution is 2.37. The van der Waals surface area contributed by atoms with Gasteiger partial charge in [-0.3, -0.25) is 0 Å². The molecule has 0 spiro atoms. The third-order valence-corrected chi connectivity index (χ3v) is 6.02. The molecule has 1 unspecified atom stereocenters. The van der Waals surface area contributed by atoms with Gasteiger partial charge < -0.3 is 14.7 Å². The van der Waals surface area contributed by atoms with Crippen molar-refractivity contribution < 1.29 is 4.52 Å². The number of unbranched alkanes of at least 4 members (excludes halogenated alkanes) is 2. The van der Waals surface area contributed by atoms with E-state index < -0.39 is 0 Å². The quantitative estimate of drug-likeness (QED) is 0.371. The van der Waals surface area contributed by atoms with E-state index in [-0.39, 0.29) is 6.04 Å². The van der Waals surface area contributed by atoms with Crippen molar-refractivity contribution in [1.82, 2.24) is 20.4 Å². The van der Waals surface area contributed by atoms with Gasteiger partial charge in [0.05, 0.1) is 11.6 Å². The highest BCUT2D eigenvalue weighted by Gasteiger charge is 2.33. The van der Waals surface area contributed by atoms with Gasteiger partial charge in [-0.2, -0.15) is 4.98 Å². The average Bonchev–Trinajstić information content (AvgIpc) is 3.26. The summed E-state index contributed by atoms with van der Waals surface area (Å²) in [5.74, 6) is 1.11.